The summed E-state index contributed by atoms with van der Waals surface area (Å²) in [6.45, 7) is 0.736. The van der Waals surface area contributed by atoms with Crippen LogP contribution in [0.2, 0.25) is 0 Å². The highest BCUT2D eigenvalue weighted by atomic mass is 32.1. The minimum Gasteiger partial charge on any atom is -0.397 e. The van der Waals surface area contributed by atoms with Crippen molar-refractivity contribution in [2.75, 3.05) is 11.1 Å². The van der Waals surface area contributed by atoms with E-state index in [-0.39, 0.29) is 5.69 Å². The first-order valence-corrected chi connectivity index (χ1v) is 5.66. The van der Waals surface area contributed by atoms with Gasteiger partial charge in [-0.25, -0.2) is 0 Å². The molecule has 82 valence electrons. The number of thiophene rings is 1. The van der Waals surface area contributed by atoms with Gasteiger partial charge in [0, 0.05) is 17.1 Å². The van der Waals surface area contributed by atoms with Gasteiger partial charge in [-0.2, -0.15) is 0 Å². The van der Waals surface area contributed by atoms with Crippen molar-refractivity contribution in [2.45, 2.75) is 6.54 Å². The molecule has 2 aromatic rings. The Bertz CT molecular complexity index is 482. The summed E-state index contributed by atoms with van der Waals surface area (Å²) in [6, 6.07) is 9.21. The fourth-order valence-corrected chi connectivity index (χ4v) is 1.98. The summed E-state index contributed by atoms with van der Waals surface area (Å²) in [5.74, 6) is 0. The lowest BCUT2D eigenvalue weighted by Gasteiger charge is -2.06. The normalized spacial score (nSPS) is 10.0. The molecular formula is C11H11N3OS. The fraction of sp³-hybridized carbons (Fsp3) is 0.0909. The molecule has 0 bridgehead atoms. The molecule has 0 amide bonds. The Labute approximate surface area is 97.1 Å². The van der Waals surface area contributed by atoms with Crippen molar-refractivity contribution in [3.05, 3.63) is 45.5 Å². The van der Waals surface area contributed by atoms with Gasteiger partial charge in [0.2, 0.25) is 0 Å². The van der Waals surface area contributed by atoms with E-state index in [0.717, 1.165) is 12.2 Å². The Hall–Kier alpha value is -1.88. The van der Waals surface area contributed by atoms with E-state index in [9.17, 15) is 4.91 Å². The zero-order valence-electron chi connectivity index (χ0n) is 8.51. The van der Waals surface area contributed by atoms with Crippen LogP contribution in [0.1, 0.15) is 4.88 Å². The third-order valence-corrected chi connectivity index (χ3v) is 3.05. The second kappa shape index (κ2) is 4.76. The molecule has 1 aromatic heterocycles. The number of hydrogen-bond acceptors (Lipinski definition) is 5. The molecule has 0 unspecified atom stereocenters. The van der Waals surface area contributed by atoms with Crippen LogP contribution < -0.4 is 11.1 Å². The molecule has 0 aliphatic rings. The van der Waals surface area contributed by atoms with Crippen molar-refractivity contribution in [3.63, 3.8) is 0 Å². The average molecular weight is 233 g/mol. The van der Waals surface area contributed by atoms with Gasteiger partial charge < -0.3 is 11.1 Å². The van der Waals surface area contributed by atoms with E-state index in [4.69, 9.17) is 5.73 Å². The highest BCUT2D eigenvalue weighted by Crippen LogP contribution is 2.25. The molecule has 0 saturated heterocycles. The van der Waals surface area contributed by atoms with E-state index >= 15 is 0 Å². The number of rotatable bonds is 4. The summed E-state index contributed by atoms with van der Waals surface area (Å²) in [7, 11) is 0. The molecule has 5 heteroatoms. The van der Waals surface area contributed by atoms with Crippen molar-refractivity contribution in [1.82, 2.24) is 0 Å². The zero-order valence-corrected chi connectivity index (χ0v) is 9.33. The highest BCUT2D eigenvalue weighted by molar-refractivity contribution is 7.09. The Morgan fingerprint density at radius 2 is 2.25 bits per heavy atom. The van der Waals surface area contributed by atoms with Crippen molar-refractivity contribution in [2.24, 2.45) is 5.18 Å². The van der Waals surface area contributed by atoms with Gasteiger partial charge in [-0.1, -0.05) is 6.07 Å². The lowest BCUT2D eigenvalue weighted by molar-refractivity contribution is 1.19. The SMILES string of the molecule is Nc1ccc(NCc2cccs2)cc1N=O. The number of anilines is 2. The molecular weight excluding hydrogens is 222 g/mol. The predicted octanol–water partition coefficient (Wildman–Crippen LogP) is 3.34. The summed E-state index contributed by atoms with van der Waals surface area (Å²) in [5, 5.41) is 8.09. The van der Waals surface area contributed by atoms with Gasteiger partial charge in [0.05, 0.1) is 5.69 Å². The van der Waals surface area contributed by atoms with Crippen LogP contribution in [0.25, 0.3) is 0 Å². The molecule has 3 N–H and O–H groups in total. The molecule has 1 heterocycles. The van der Waals surface area contributed by atoms with E-state index in [0.29, 0.717) is 5.69 Å². The van der Waals surface area contributed by atoms with Crippen LogP contribution in [0.4, 0.5) is 17.1 Å². The monoisotopic (exact) mass is 233 g/mol. The molecule has 0 saturated carbocycles. The van der Waals surface area contributed by atoms with E-state index in [1.165, 1.54) is 4.88 Å². The first kappa shape index (κ1) is 10.6. The van der Waals surface area contributed by atoms with Gasteiger partial charge in [-0.05, 0) is 34.8 Å². The summed E-state index contributed by atoms with van der Waals surface area (Å²) in [5.41, 5.74) is 7.09. The van der Waals surface area contributed by atoms with E-state index in [2.05, 4.69) is 10.5 Å². The molecule has 0 spiro atoms. The zero-order chi connectivity index (χ0) is 11.4. The van der Waals surface area contributed by atoms with Crippen LogP contribution in [0.3, 0.4) is 0 Å². The van der Waals surface area contributed by atoms with Crippen LogP contribution in [0.15, 0.2) is 40.9 Å². The summed E-state index contributed by atoms with van der Waals surface area (Å²) < 4.78 is 0. The fourth-order valence-electron chi connectivity index (χ4n) is 1.34. The van der Waals surface area contributed by atoms with Crippen LogP contribution in [-0.2, 0) is 6.54 Å². The summed E-state index contributed by atoms with van der Waals surface area (Å²) in [6.07, 6.45) is 0. The van der Waals surface area contributed by atoms with Crippen LogP contribution in [-0.4, -0.2) is 0 Å². The first-order chi connectivity index (χ1) is 7.79. The maximum atomic E-state index is 10.5. The van der Waals surface area contributed by atoms with Crippen molar-refractivity contribution in [1.29, 1.82) is 0 Å². The minimum atomic E-state index is 0.274. The second-order valence-corrected chi connectivity index (χ2v) is 4.33. The quantitative estimate of drug-likeness (QED) is 0.628. The number of nitrogens with zero attached hydrogens (tertiary/aromatic N) is 1. The lowest BCUT2D eigenvalue weighted by atomic mass is 10.2. The smallest absolute Gasteiger partial charge is 0.132 e. The number of nitroso groups, excluding NO2 is 1. The van der Waals surface area contributed by atoms with Crippen LogP contribution >= 0.6 is 11.3 Å². The standard InChI is InChI=1S/C11H11N3OS/c12-10-4-3-8(6-11(10)14-15)13-7-9-2-1-5-16-9/h1-6,13H,7,12H2. The molecule has 0 fully saturated rings. The van der Waals surface area contributed by atoms with Crippen molar-refractivity contribution < 1.29 is 0 Å². The Balaban J connectivity index is 2.07. The maximum absolute atomic E-state index is 10.5. The third kappa shape index (κ3) is 2.38. The number of nitrogens with one attached hydrogen (secondary N) is 1. The van der Waals surface area contributed by atoms with Gasteiger partial charge in [0.1, 0.15) is 5.69 Å². The molecule has 2 rings (SSSR count). The van der Waals surface area contributed by atoms with Gasteiger partial charge in [0.25, 0.3) is 0 Å². The van der Waals surface area contributed by atoms with E-state index in [1.807, 2.05) is 23.6 Å². The summed E-state index contributed by atoms with van der Waals surface area (Å²) >= 11 is 1.68. The second-order valence-electron chi connectivity index (χ2n) is 3.30. The third-order valence-electron chi connectivity index (χ3n) is 2.18. The highest BCUT2D eigenvalue weighted by Gasteiger charge is 2.01. The number of hydrogen-bond donors (Lipinski definition) is 2. The maximum Gasteiger partial charge on any atom is 0.132 e. The Kier molecular flexibility index (Phi) is 3.16. The molecule has 0 atom stereocenters. The van der Waals surface area contributed by atoms with Crippen molar-refractivity contribution in [3.8, 4) is 0 Å². The van der Waals surface area contributed by atoms with Crippen LogP contribution in [0.5, 0.6) is 0 Å². The average Bonchev–Trinajstić information content (AvgIpc) is 2.81. The molecule has 0 radical (unpaired) electrons. The molecule has 0 aliphatic heterocycles. The van der Waals surface area contributed by atoms with Crippen LogP contribution in [0, 0.1) is 4.91 Å². The van der Waals surface area contributed by atoms with E-state index in [1.54, 1.807) is 23.5 Å². The minimum absolute atomic E-state index is 0.274. The van der Waals surface area contributed by atoms with Gasteiger partial charge in [-0.15, -0.1) is 16.2 Å². The lowest BCUT2D eigenvalue weighted by Crippen LogP contribution is -1.97. The predicted molar refractivity (Wildman–Crippen MR) is 68.0 cm³/mol. The number of benzene rings is 1. The molecule has 4 nitrogen and oxygen atoms in total. The number of nitrogens with two attached hydrogens (primary N) is 1. The van der Waals surface area contributed by atoms with E-state index < -0.39 is 0 Å². The summed E-state index contributed by atoms with van der Waals surface area (Å²) in [4.78, 5) is 11.7. The van der Waals surface area contributed by atoms with Gasteiger partial charge in [-0.3, -0.25) is 0 Å². The molecule has 0 aliphatic carbocycles. The van der Waals surface area contributed by atoms with Crippen molar-refractivity contribution >= 4 is 28.4 Å². The number of nitrogen functional groups attached to an aromatic ring is 1. The Morgan fingerprint density at radius 3 is 2.94 bits per heavy atom. The largest absolute Gasteiger partial charge is 0.397 e. The molecule has 1 aromatic carbocycles. The topological polar surface area (TPSA) is 67.5 Å². The first-order valence-electron chi connectivity index (χ1n) is 4.79. The Morgan fingerprint density at radius 1 is 1.38 bits per heavy atom. The van der Waals surface area contributed by atoms with Gasteiger partial charge in [0.15, 0.2) is 0 Å². The van der Waals surface area contributed by atoms with Gasteiger partial charge >= 0.3 is 0 Å². The molecule has 16 heavy (non-hydrogen) atoms.